The molecule has 0 spiro atoms. The number of imidazole rings is 2. The first-order chi connectivity index (χ1) is 25.7. The highest BCUT2D eigenvalue weighted by Crippen LogP contribution is 2.43. The standard InChI is InChI=1S/C38H40N8O7/c1-20-6-11-30(46(20)33(48)18-41-38(50)52-3)35-39-16-28(43-35)22-7-9-24-23(13-22)19-53-31-15-25-21(14-26(24)31)8-10-27-34(25)44-36(42-27)29-5-4-12-45(29)32(47)17-40-37(49)51-2/h7-10,13-16,20,29-30H,4-6,11-12,17-19H2,1-3H3,(H,39,43)(H,40,49)(H,41,50)(H,42,44)/t20-,29?,30?/m0/s1. The van der Waals surface area contributed by atoms with Gasteiger partial charge in [0, 0.05) is 23.5 Å². The monoisotopic (exact) mass is 720 g/mol. The fourth-order valence-electron chi connectivity index (χ4n) is 7.94. The van der Waals surface area contributed by atoms with Crippen molar-refractivity contribution in [2.45, 2.75) is 57.3 Å². The zero-order valence-electron chi connectivity index (χ0n) is 29.7. The number of hydrogen-bond acceptors (Lipinski definition) is 9. The number of H-pyrrole nitrogens is 2. The van der Waals surface area contributed by atoms with Crippen molar-refractivity contribution in [1.82, 2.24) is 40.4 Å². The molecule has 4 N–H and O–H groups in total. The summed E-state index contributed by atoms with van der Waals surface area (Å²) in [6, 6.07) is 14.1. The van der Waals surface area contributed by atoms with Crippen LogP contribution in [0.3, 0.4) is 0 Å². The summed E-state index contributed by atoms with van der Waals surface area (Å²) < 4.78 is 15.6. The number of aromatic nitrogens is 4. The molecule has 3 aliphatic heterocycles. The first-order valence-electron chi connectivity index (χ1n) is 17.7. The summed E-state index contributed by atoms with van der Waals surface area (Å²) in [7, 11) is 2.53. The number of likely N-dealkylation sites (tertiary alicyclic amines) is 2. The Labute approximate surface area is 304 Å². The number of alkyl carbamates (subject to hydrolysis) is 2. The molecule has 15 heteroatoms. The molecule has 2 unspecified atom stereocenters. The van der Waals surface area contributed by atoms with Crippen LogP contribution in [0.15, 0.2) is 48.7 Å². The largest absolute Gasteiger partial charge is 0.488 e. The van der Waals surface area contributed by atoms with Crippen LogP contribution in [-0.4, -0.2) is 93.6 Å². The summed E-state index contributed by atoms with van der Waals surface area (Å²) in [5.74, 6) is 1.82. The molecule has 2 aromatic heterocycles. The first-order valence-corrected chi connectivity index (χ1v) is 17.7. The Hall–Kier alpha value is -6.12. The lowest BCUT2D eigenvalue weighted by Crippen LogP contribution is -2.43. The van der Waals surface area contributed by atoms with E-state index in [4.69, 9.17) is 9.72 Å². The third kappa shape index (κ3) is 6.25. The van der Waals surface area contributed by atoms with E-state index in [1.165, 1.54) is 14.2 Å². The second-order valence-corrected chi connectivity index (χ2v) is 13.7. The summed E-state index contributed by atoms with van der Waals surface area (Å²) >= 11 is 0. The van der Waals surface area contributed by atoms with Gasteiger partial charge in [-0.15, -0.1) is 0 Å². The molecule has 274 valence electrons. The number of amides is 4. The van der Waals surface area contributed by atoms with Crippen LogP contribution in [0.1, 0.15) is 61.9 Å². The van der Waals surface area contributed by atoms with Crippen molar-refractivity contribution < 1.29 is 33.4 Å². The quantitative estimate of drug-likeness (QED) is 0.178. The maximum atomic E-state index is 13.0. The lowest BCUT2D eigenvalue weighted by atomic mass is 9.92. The summed E-state index contributed by atoms with van der Waals surface area (Å²) in [5, 5.41) is 6.93. The Kier molecular flexibility index (Phi) is 8.84. The molecule has 0 radical (unpaired) electrons. The molecule has 5 aromatic rings. The van der Waals surface area contributed by atoms with Crippen molar-refractivity contribution >= 4 is 45.8 Å². The summed E-state index contributed by atoms with van der Waals surface area (Å²) in [6.07, 6.45) is 3.72. The minimum Gasteiger partial charge on any atom is -0.488 e. The fraction of sp³-hybridized carbons (Fsp3) is 0.368. The molecule has 2 fully saturated rings. The lowest BCUT2D eigenvalue weighted by molar-refractivity contribution is -0.133. The van der Waals surface area contributed by atoms with Crippen molar-refractivity contribution in [3.05, 3.63) is 65.9 Å². The Morgan fingerprint density at radius 3 is 2.47 bits per heavy atom. The van der Waals surface area contributed by atoms with E-state index < -0.39 is 12.2 Å². The van der Waals surface area contributed by atoms with Crippen molar-refractivity contribution in [3.63, 3.8) is 0 Å². The van der Waals surface area contributed by atoms with Gasteiger partial charge in [0.05, 0.1) is 49.2 Å². The summed E-state index contributed by atoms with van der Waals surface area (Å²) in [6.45, 7) is 2.70. The highest BCUT2D eigenvalue weighted by Gasteiger charge is 2.37. The number of rotatable bonds is 7. The zero-order valence-corrected chi connectivity index (χ0v) is 29.7. The number of carbonyl (C=O) groups is 4. The van der Waals surface area contributed by atoms with Gasteiger partial charge in [-0.3, -0.25) is 9.59 Å². The van der Waals surface area contributed by atoms with Gasteiger partial charge in [0.25, 0.3) is 0 Å². The first kappa shape index (κ1) is 34.0. The number of benzene rings is 3. The molecule has 0 aliphatic carbocycles. The Morgan fingerprint density at radius 1 is 0.887 bits per heavy atom. The van der Waals surface area contributed by atoms with Crippen molar-refractivity contribution in [1.29, 1.82) is 0 Å². The number of aromatic amines is 2. The van der Waals surface area contributed by atoms with E-state index in [1.54, 1.807) is 16.0 Å². The number of hydrogen-bond donors (Lipinski definition) is 4. The molecule has 53 heavy (non-hydrogen) atoms. The molecule has 3 atom stereocenters. The molecular weight excluding hydrogens is 680 g/mol. The molecule has 0 saturated carbocycles. The number of nitrogens with zero attached hydrogens (tertiary/aromatic N) is 4. The van der Waals surface area contributed by atoms with Gasteiger partial charge in [0.2, 0.25) is 11.8 Å². The van der Waals surface area contributed by atoms with Crippen LogP contribution in [0.5, 0.6) is 5.75 Å². The van der Waals surface area contributed by atoms with Crippen LogP contribution in [0, 0.1) is 0 Å². The van der Waals surface area contributed by atoms with Crippen LogP contribution in [0.25, 0.3) is 44.2 Å². The van der Waals surface area contributed by atoms with E-state index in [0.29, 0.717) is 24.8 Å². The smallest absolute Gasteiger partial charge is 0.407 e. The number of nitrogens with one attached hydrogen (secondary N) is 4. The molecule has 4 amide bonds. The van der Waals surface area contributed by atoms with Crippen LogP contribution in [0.4, 0.5) is 9.59 Å². The summed E-state index contributed by atoms with van der Waals surface area (Å²) in [4.78, 5) is 69.2. The molecule has 3 aliphatic rings. The third-order valence-corrected chi connectivity index (χ3v) is 10.6. The van der Waals surface area contributed by atoms with Crippen LogP contribution in [0.2, 0.25) is 0 Å². The number of fused-ring (bicyclic) bond motifs is 6. The maximum Gasteiger partial charge on any atom is 0.407 e. The maximum absolute atomic E-state index is 13.0. The molecule has 0 bridgehead atoms. The van der Waals surface area contributed by atoms with Gasteiger partial charge < -0.3 is 44.6 Å². The lowest BCUT2D eigenvalue weighted by Gasteiger charge is -2.27. The van der Waals surface area contributed by atoms with E-state index in [0.717, 1.165) is 81.2 Å². The molecule has 3 aromatic carbocycles. The summed E-state index contributed by atoms with van der Waals surface area (Å²) in [5.41, 5.74) is 6.59. The second-order valence-electron chi connectivity index (χ2n) is 13.7. The van der Waals surface area contributed by atoms with E-state index in [9.17, 15) is 19.2 Å². The number of ether oxygens (including phenoxy) is 3. The molecule has 5 heterocycles. The topological polar surface area (TPSA) is 184 Å². The van der Waals surface area contributed by atoms with Gasteiger partial charge in [-0.25, -0.2) is 19.6 Å². The fourth-order valence-corrected chi connectivity index (χ4v) is 7.94. The van der Waals surface area contributed by atoms with Crippen LogP contribution < -0.4 is 15.4 Å². The van der Waals surface area contributed by atoms with Crippen LogP contribution in [-0.2, 0) is 25.7 Å². The predicted octanol–water partition coefficient (Wildman–Crippen LogP) is 5.09. The van der Waals surface area contributed by atoms with Gasteiger partial charge in [0.15, 0.2) is 0 Å². The minimum absolute atomic E-state index is 0.0141. The average molecular weight is 721 g/mol. The van der Waals surface area contributed by atoms with Gasteiger partial charge >= 0.3 is 12.2 Å². The van der Waals surface area contributed by atoms with Gasteiger partial charge in [-0.05, 0) is 78.9 Å². The number of carbonyl (C=O) groups excluding carboxylic acids is 4. The van der Waals surface area contributed by atoms with Crippen LogP contribution >= 0.6 is 0 Å². The number of methoxy groups -OCH3 is 2. The van der Waals surface area contributed by atoms with E-state index in [1.807, 2.05) is 19.1 Å². The third-order valence-electron chi connectivity index (χ3n) is 10.6. The Balaban J connectivity index is 1.03. The Bertz CT molecular complexity index is 2260. The van der Waals surface area contributed by atoms with Crippen molar-refractivity contribution in [2.75, 3.05) is 33.9 Å². The molecular formula is C38H40N8O7. The predicted molar refractivity (Wildman–Crippen MR) is 194 cm³/mol. The molecule has 2 saturated heterocycles. The van der Waals surface area contributed by atoms with Gasteiger partial charge in [0.1, 0.15) is 37.1 Å². The highest BCUT2D eigenvalue weighted by atomic mass is 16.5. The zero-order chi connectivity index (χ0) is 36.8. The van der Waals surface area contributed by atoms with Crippen molar-refractivity contribution in [2.24, 2.45) is 0 Å². The van der Waals surface area contributed by atoms with E-state index in [-0.39, 0.29) is 43.0 Å². The average Bonchev–Trinajstić information content (AvgIpc) is 4.00. The van der Waals surface area contributed by atoms with Gasteiger partial charge in [-0.2, -0.15) is 0 Å². The van der Waals surface area contributed by atoms with Crippen molar-refractivity contribution in [3.8, 4) is 28.1 Å². The van der Waals surface area contributed by atoms with E-state index in [2.05, 4.69) is 65.4 Å². The van der Waals surface area contributed by atoms with E-state index >= 15 is 0 Å². The van der Waals surface area contributed by atoms with Gasteiger partial charge in [-0.1, -0.05) is 18.2 Å². The Morgan fingerprint density at radius 2 is 1.68 bits per heavy atom. The molecule has 8 rings (SSSR count). The normalized spacial score (nSPS) is 19.1. The molecule has 15 nitrogen and oxygen atoms in total. The SMILES string of the molecule is COC(=O)NCC(=O)N1CCCC1c1nc2c(ccc3cc4c(cc32)OCc2cc(-c3cnc(C5CC[C@H](C)N5C(=O)CNC(=O)OC)[nH]3)ccc2-4)[nH]1. The highest BCUT2D eigenvalue weighted by molar-refractivity contribution is 6.07. The minimum atomic E-state index is -0.644. The second kappa shape index (κ2) is 13.8.